The summed E-state index contributed by atoms with van der Waals surface area (Å²) in [6.07, 6.45) is 9.98. The molecular formula is C15H31NO4. The van der Waals surface area contributed by atoms with Crippen LogP contribution in [0, 0.1) is 0 Å². The first kappa shape index (κ1) is 19.4. The second-order valence-corrected chi connectivity index (χ2v) is 5.71. The van der Waals surface area contributed by atoms with E-state index in [9.17, 15) is 9.90 Å². The molecule has 0 aliphatic carbocycles. The summed E-state index contributed by atoms with van der Waals surface area (Å²) in [5, 5.41) is 18.6. The van der Waals surface area contributed by atoms with E-state index in [1.165, 1.54) is 44.9 Å². The molecule has 0 spiro atoms. The van der Waals surface area contributed by atoms with Crippen LogP contribution in [0.3, 0.4) is 0 Å². The lowest BCUT2D eigenvalue weighted by Gasteiger charge is -2.20. The lowest BCUT2D eigenvalue weighted by Crippen LogP contribution is -2.36. The standard InChI is InChI=1S/C15H29NO3.H2O/c1-2-3-4-5-6-7-8-9-10-16-12-13(17)11-14(16)15(18)19;/h13-14,17H,2-12H2,1H3,(H,18,19);1H2. The van der Waals surface area contributed by atoms with Crippen LogP contribution in [-0.2, 0) is 4.79 Å². The molecule has 2 atom stereocenters. The SMILES string of the molecule is CCCCCCCCCCN1CC(O)CC1C(=O)O.O. The fraction of sp³-hybridized carbons (Fsp3) is 0.933. The molecule has 5 heteroatoms. The van der Waals surface area contributed by atoms with Crippen molar-refractivity contribution in [2.24, 2.45) is 0 Å². The van der Waals surface area contributed by atoms with Gasteiger partial charge in [-0.15, -0.1) is 0 Å². The minimum Gasteiger partial charge on any atom is -0.480 e. The summed E-state index contributed by atoms with van der Waals surface area (Å²) in [6.45, 7) is 3.56. The summed E-state index contributed by atoms with van der Waals surface area (Å²) in [5.74, 6) is -0.795. The maximum atomic E-state index is 11.0. The van der Waals surface area contributed by atoms with Gasteiger partial charge in [-0.05, 0) is 13.0 Å². The molecule has 1 rings (SSSR count). The molecule has 0 aromatic rings. The maximum absolute atomic E-state index is 11.0. The van der Waals surface area contributed by atoms with E-state index in [-0.39, 0.29) is 5.48 Å². The Hall–Kier alpha value is -0.650. The Bertz CT molecular complexity index is 260. The van der Waals surface area contributed by atoms with Crippen LogP contribution in [0.4, 0.5) is 0 Å². The van der Waals surface area contributed by atoms with Crippen LogP contribution in [-0.4, -0.2) is 51.8 Å². The van der Waals surface area contributed by atoms with Gasteiger partial charge in [-0.3, -0.25) is 9.69 Å². The number of carboxylic acid groups (broad SMARTS) is 1. The molecule has 1 fully saturated rings. The summed E-state index contributed by atoms with van der Waals surface area (Å²) >= 11 is 0. The van der Waals surface area contributed by atoms with Crippen molar-refractivity contribution in [1.29, 1.82) is 0 Å². The molecule has 0 bridgehead atoms. The molecule has 0 aromatic heterocycles. The molecule has 0 radical (unpaired) electrons. The van der Waals surface area contributed by atoms with Crippen molar-refractivity contribution in [2.45, 2.75) is 76.9 Å². The highest BCUT2D eigenvalue weighted by atomic mass is 16.4. The van der Waals surface area contributed by atoms with Gasteiger partial charge in [0.15, 0.2) is 0 Å². The number of aliphatic hydroxyl groups is 1. The van der Waals surface area contributed by atoms with Crippen LogP contribution >= 0.6 is 0 Å². The second kappa shape index (κ2) is 11.1. The topological polar surface area (TPSA) is 92.3 Å². The molecule has 2 unspecified atom stereocenters. The lowest BCUT2D eigenvalue weighted by atomic mass is 10.1. The van der Waals surface area contributed by atoms with Crippen LogP contribution in [0.15, 0.2) is 0 Å². The van der Waals surface area contributed by atoms with Crippen molar-refractivity contribution >= 4 is 5.97 Å². The Kier molecular flexibility index (Phi) is 10.7. The summed E-state index contributed by atoms with van der Waals surface area (Å²) in [4.78, 5) is 13.0. The van der Waals surface area contributed by atoms with Gasteiger partial charge in [0, 0.05) is 13.0 Å². The smallest absolute Gasteiger partial charge is 0.321 e. The van der Waals surface area contributed by atoms with Gasteiger partial charge in [0.25, 0.3) is 0 Å². The highest BCUT2D eigenvalue weighted by molar-refractivity contribution is 5.74. The van der Waals surface area contributed by atoms with Crippen LogP contribution in [0.1, 0.15) is 64.7 Å². The van der Waals surface area contributed by atoms with Gasteiger partial charge >= 0.3 is 5.97 Å². The van der Waals surface area contributed by atoms with E-state index in [1.54, 1.807) is 0 Å². The molecule has 120 valence electrons. The van der Waals surface area contributed by atoms with Crippen LogP contribution in [0.25, 0.3) is 0 Å². The summed E-state index contributed by atoms with van der Waals surface area (Å²) in [7, 11) is 0. The summed E-state index contributed by atoms with van der Waals surface area (Å²) in [5.41, 5.74) is 0. The summed E-state index contributed by atoms with van der Waals surface area (Å²) in [6, 6.07) is -0.473. The normalized spacial score (nSPS) is 22.7. The molecule has 1 saturated heterocycles. The number of rotatable bonds is 10. The minimum absolute atomic E-state index is 0. The third-order valence-corrected chi connectivity index (χ3v) is 3.97. The average Bonchev–Trinajstić information content (AvgIpc) is 2.74. The molecule has 0 saturated carbocycles. The second-order valence-electron chi connectivity index (χ2n) is 5.71. The first-order valence-corrected chi connectivity index (χ1v) is 7.80. The number of aliphatic carboxylic acids is 1. The molecule has 1 aliphatic heterocycles. The predicted molar refractivity (Wildman–Crippen MR) is 79.8 cm³/mol. The number of unbranched alkanes of at least 4 members (excludes halogenated alkanes) is 7. The van der Waals surface area contributed by atoms with Crippen molar-refractivity contribution in [3.8, 4) is 0 Å². The van der Waals surface area contributed by atoms with Crippen molar-refractivity contribution in [3.05, 3.63) is 0 Å². The molecular weight excluding hydrogens is 258 g/mol. The fourth-order valence-corrected chi connectivity index (χ4v) is 2.83. The van der Waals surface area contributed by atoms with Crippen LogP contribution in [0.5, 0.6) is 0 Å². The molecule has 0 amide bonds. The van der Waals surface area contributed by atoms with Gasteiger partial charge in [0.1, 0.15) is 6.04 Å². The molecule has 20 heavy (non-hydrogen) atoms. The summed E-state index contributed by atoms with van der Waals surface area (Å²) < 4.78 is 0. The number of likely N-dealkylation sites (tertiary alicyclic amines) is 1. The van der Waals surface area contributed by atoms with Gasteiger partial charge in [0.2, 0.25) is 0 Å². The van der Waals surface area contributed by atoms with Gasteiger partial charge in [-0.25, -0.2) is 0 Å². The van der Waals surface area contributed by atoms with Crippen LogP contribution < -0.4 is 0 Å². The number of hydrogen-bond acceptors (Lipinski definition) is 3. The predicted octanol–water partition coefficient (Wildman–Crippen LogP) is 1.82. The molecule has 0 aromatic carbocycles. The zero-order valence-electron chi connectivity index (χ0n) is 12.7. The first-order valence-electron chi connectivity index (χ1n) is 7.80. The number of carbonyl (C=O) groups is 1. The van der Waals surface area contributed by atoms with Gasteiger partial charge in [-0.2, -0.15) is 0 Å². The zero-order valence-corrected chi connectivity index (χ0v) is 12.7. The van der Waals surface area contributed by atoms with Crippen LogP contribution in [0.2, 0.25) is 0 Å². The quantitative estimate of drug-likeness (QED) is 0.600. The van der Waals surface area contributed by atoms with E-state index in [4.69, 9.17) is 5.11 Å². The highest BCUT2D eigenvalue weighted by Gasteiger charge is 2.35. The monoisotopic (exact) mass is 289 g/mol. The first-order chi connectivity index (χ1) is 9.15. The van der Waals surface area contributed by atoms with E-state index in [0.717, 1.165) is 13.0 Å². The van der Waals surface area contributed by atoms with Gasteiger partial charge in [-0.1, -0.05) is 51.9 Å². The molecule has 5 nitrogen and oxygen atoms in total. The third kappa shape index (κ3) is 7.22. The Labute approximate surface area is 122 Å². The van der Waals surface area contributed by atoms with Crippen molar-refractivity contribution in [2.75, 3.05) is 13.1 Å². The lowest BCUT2D eigenvalue weighted by molar-refractivity contribution is -0.142. The molecule has 1 aliphatic rings. The van der Waals surface area contributed by atoms with Gasteiger partial charge < -0.3 is 15.7 Å². The number of carboxylic acids is 1. The number of hydrogen-bond donors (Lipinski definition) is 2. The van der Waals surface area contributed by atoms with Crippen molar-refractivity contribution in [1.82, 2.24) is 4.90 Å². The Morgan fingerprint density at radius 1 is 1.10 bits per heavy atom. The van der Waals surface area contributed by atoms with Crippen molar-refractivity contribution < 1.29 is 20.5 Å². The number of nitrogens with zero attached hydrogens (tertiary/aromatic N) is 1. The average molecular weight is 289 g/mol. The van der Waals surface area contributed by atoms with E-state index < -0.39 is 18.1 Å². The largest absolute Gasteiger partial charge is 0.480 e. The highest BCUT2D eigenvalue weighted by Crippen LogP contribution is 2.19. The number of β-amino-alcohol motifs (C(OH)–C–C–N with tert-alkyl or cyclic N) is 1. The third-order valence-electron chi connectivity index (χ3n) is 3.97. The Morgan fingerprint density at radius 3 is 2.20 bits per heavy atom. The number of aliphatic hydroxyl groups excluding tert-OH is 1. The van der Waals surface area contributed by atoms with E-state index in [1.807, 2.05) is 4.90 Å². The maximum Gasteiger partial charge on any atom is 0.321 e. The Morgan fingerprint density at radius 2 is 1.65 bits per heavy atom. The zero-order chi connectivity index (χ0) is 14.1. The Balaban J connectivity index is 0.00000361. The van der Waals surface area contributed by atoms with E-state index in [2.05, 4.69) is 6.92 Å². The molecule has 1 heterocycles. The van der Waals surface area contributed by atoms with Gasteiger partial charge in [0.05, 0.1) is 6.10 Å². The fourth-order valence-electron chi connectivity index (χ4n) is 2.83. The van der Waals surface area contributed by atoms with E-state index in [0.29, 0.717) is 13.0 Å². The van der Waals surface area contributed by atoms with E-state index >= 15 is 0 Å². The minimum atomic E-state index is -0.795. The molecule has 4 N–H and O–H groups in total. The van der Waals surface area contributed by atoms with Crippen molar-refractivity contribution in [3.63, 3.8) is 0 Å².